The zero-order valence-corrected chi connectivity index (χ0v) is 46.6. The summed E-state index contributed by atoms with van der Waals surface area (Å²) in [5, 5.41) is 130. The largest absolute Gasteiger partial charge is 0.472 e. The van der Waals surface area contributed by atoms with Crippen LogP contribution >= 0.6 is 7.82 Å². The van der Waals surface area contributed by atoms with Crippen LogP contribution in [0.4, 0.5) is 0 Å². The van der Waals surface area contributed by atoms with E-state index < -0.39 is 125 Å². The van der Waals surface area contributed by atoms with Crippen molar-refractivity contribution in [2.45, 2.75) is 324 Å². The Balaban J connectivity index is 1.97. The zero-order valence-electron chi connectivity index (χ0n) is 45.7. The average Bonchev–Trinajstić information content (AvgIpc) is 3.39. The van der Waals surface area contributed by atoms with Crippen LogP contribution in [0, 0.1) is 0 Å². The number of hydrogen-bond acceptors (Lipinski definition) is 18. The minimum absolute atomic E-state index is 0.0617. The van der Waals surface area contributed by atoms with Gasteiger partial charge in [-0.1, -0.05) is 213 Å². The Kier molecular flexibility index (Phi) is 38.4. The van der Waals surface area contributed by atoms with Gasteiger partial charge in [-0.2, -0.15) is 0 Å². The zero-order chi connectivity index (χ0) is 55.6. The van der Waals surface area contributed by atoms with Crippen molar-refractivity contribution in [3.8, 4) is 0 Å². The van der Waals surface area contributed by atoms with E-state index in [9.17, 15) is 75.5 Å². The number of phosphoric acid groups is 1. The molecule has 2 aliphatic rings. The summed E-state index contributed by atoms with van der Waals surface area (Å²) in [6.45, 7) is 2.48. The predicted octanol–water partition coefficient (Wildman–Crippen LogP) is 4.97. The van der Waals surface area contributed by atoms with Gasteiger partial charge in [-0.15, -0.1) is 0 Å². The van der Waals surface area contributed by atoms with Gasteiger partial charge in [-0.05, 0) is 12.8 Å². The van der Waals surface area contributed by atoms with Gasteiger partial charge in [-0.3, -0.25) is 13.8 Å². The Morgan fingerprint density at radius 1 is 0.507 bits per heavy atom. The summed E-state index contributed by atoms with van der Waals surface area (Å²) < 4.78 is 34.7. The molecule has 20 nitrogen and oxygen atoms in total. The molecule has 446 valence electrons. The van der Waals surface area contributed by atoms with Crippen molar-refractivity contribution in [1.82, 2.24) is 5.32 Å². The summed E-state index contributed by atoms with van der Waals surface area (Å²) in [7, 11) is -5.55. The van der Waals surface area contributed by atoms with Gasteiger partial charge in [0.1, 0.15) is 67.1 Å². The first-order valence-corrected chi connectivity index (χ1v) is 30.8. The fourth-order valence-corrected chi connectivity index (χ4v) is 11.0. The van der Waals surface area contributed by atoms with Crippen molar-refractivity contribution in [2.24, 2.45) is 0 Å². The molecule has 1 aliphatic heterocycles. The number of ether oxygens (including phenoxy) is 2. The van der Waals surface area contributed by atoms with Crippen molar-refractivity contribution in [3.05, 3.63) is 0 Å². The predicted molar refractivity (Wildman–Crippen MR) is 283 cm³/mol. The van der Waals surface area contributed by atoms with E-state index in [4.69, 9.17) is 18.5 Å². The number of carbonyl (C=O) groups excluding carboxylic acids is 1. The lowest BCUT2D eigenvalue weighted by Crippen LogP contribution is -2.67. The molecule has 21 heteroatoms. The Labute approximate surface area is 448 Å². The van der Waals surface area contributed by atoms with Crippen molar-refractivity contribution in [1.29, 1.82) is 0 Å². The molecule has 1 saturated heterocycles. The Bertz CT molecular complexity index is 1460. The monoisotopic (exact) mass is 1100 g/mol. The maximum Gasteiger partial charge on any atom is 0.472 e. The van der Waals surface area contributed by atoms with E-state index in [1.54, 1.807) is 0 Å². The van der Waals surface area contributed by atoms with Gasteiger partial charge >= 0.3 is 7.82 Å². The molecule has 0 aromatic carbocycles. The van der Waals surface area contributed by atoms with E-state index in [0.29, 0.717) is 12.8 Å². The smallest absolute Gasteiger partial charge is 0.394 e. The van der Waals surface area contributed by atoms with Crippen molar-refractivity contribution in [3.63, 3.8) is 0 Å². The van der Waals surface area contributed by atoms with Gasteiger partial charge < -0.3 is 81.0 Å². The molecule has 1 aliphatic carbocycles. The first kappa shape index (κ1) is 70.1. The highest BCUT2D eigenvalue weighted by Gasteiger charge is 2.55. The number of unbranched alkanes of at least 4 members (excludes halogenated alkanes) is 29. The van der Waals surface area contributed by atoms with Gasteiger partial charge in [-0.25, -0.2) is 4.57 Å². The number of aliphatic hydroxyl groups is 12. The summed E-state index contributed by atoms with van der Waals surface area (Å²) >= 11 is 0. The van der Waals surface area contributed by atoms with Crippen LogP contribution in [0.5, 0.6) is 0 Å². The molecule has 1 saturated carbocycles. The lowest BCUT2D eigenvalue weighted by atomic mass is 9.84. The fraction of sp³-hybridized carbons (Fsp3) is 0.981. The average molecular weight is 1100 g/mol. The Morgan fingerprint density at radius 3 is 1.27 bits per heavy atom. The summed E-state index contributed by atoms with van der Waals surface area (Å²) in [6.07, 6.45) is 6.00. The number of rotatable bonds is 46. The number of carbonyl (C=O) groups is 1. The molecule has 1 amide bonds. The number of amides is 1. The van der Waals surface area contributed by atoms with Crippen molar-refractivity contribution >= 4 is 13.7 Å². The first-order chi connectivity index (χ1) is 35.9. The van der Waals surface area contributed by atoms with E-state index >= 15 is 0 Å². The van der Waals surface area contributed by atoms with Crippen LogP contribution in [0.25, 0.3) is 0 Å². The van der Waals surface area contributed by atoms with E-state index in [1.807, 2.05) is 0 Å². The van der Waals surface area contributed by atoms with Crippen LogP contribution in [-0.4, -0.2) is 183 Å². The molecule has 4 unspecified atom stereocenters. The first-order valence-electron chi connectivity index (χ1n) is 29.3. The molecule has 2 fully saturated rings. The molecule has 0 bridgehead atoms. The molecule has 0 spiro atoms. The SMILES string of the molecule is CCCCCCCCCCCCCCCCCCCCCC(O)C(O)C(=O)N[C@@H](COP(=O)(O)O[C@@H]1[C@H](O)[C@H](O)[C@@H](O)[C@H](O)[C@H]1O[C@@H]1O[C@H](CO)[C@@H](O)[C@H](O)[C@@H]1O)[C@H](O)C(O)CCCCCCCCCCCCCC. The van der Waals surface area contributed by atoms with Crippen LogP contribution in [-0.2, 0) is 27.9 Å². The summed E-state index contributed by atoms with van der Waals surface area (Å²) in [4.78, 5) is 24.3. The summed E-state index contributed by atoms with van der Waals surface area (Å²) in [5.41, 5.74) is 0. The lowest BCUT2D eigenvalue weighted by molar-refractivity contribution is -0.338. The quantitative estimate of drug-likeness (QED) is 0.0282. The molecule has 17 atom stereocenters. The highest BCUT2D eigenvalue weighted by atomic mass is 31.2. The second kappa shape index (κ2) is 41.1. The van der Waals surface area contributed by atoms with Gasteiger partial charge in [0.25, 0.3) is 5.91 Å². The van der Waals surface area contributed by atoms with Crippen LogP contribution in [0.3, 0.4) is 0 Å². The molecule has 0 radical (unpaired) electrons. The third kappa shape index (κ3) is 27.8. The van der Waals surface area contributed by atoms with E-state index in [1.165, 1.54) is 128 Å². The number of phosphoric ester groups is 1. The summed E-state index contributed by atoms with van der Waals surface area (Å²) in [5.74, 6) is -1.17. The molecule has 2 rings (SSSR count). The molecular formula is C54H106NO19P. The van der Waals surface area contributed by atoms with Crippen LogP contribution in [0.1, 0.15) is 226 Å². The Hall–Kier alpha value is -0.980. The number of nitrogens with one attached hydrogen (secondary N) is 1. The third-order valence-corrected chi connectivity index (χ3v) is 16.1. The number of hydrogen-bond donors (Lipinski definition) is 14. The molecule has 0 aromatic rings. The van der Waals surface area contributed by atoms with Crippen LogP contribution in [0.15, 0.2) is 0 Å². The molecular weight excluding hydrogens is 998 g/mol. The van der Waals surface area contributed by atoms with Crippen molar-refractivity contribution in [2.75, 3.05) is 13.2 Å². The second-order valence-corrected chi connectivity index (χ2v) is 23.0. The summed E-state index contributed by atoms with van der Waals surface area (Å²) in [6, 6.07) is -1.71. The Morgan fingerprint density at radius 2 is 0.867 bits per heavy atom. The number of aliphatic hydroxyl groups excluding tert-OH is 12. The fourth-order valence-electron chi connectivity index (χ4n) is 10.0. The maximum absolute atomic E-state index is 13.6. The van der Waals surface area contributed by atoms with Crippen LogP contribution < -0.4 is 5.32 Å². The van der Waals surface area contributed by atoms with E-state index in [2.05, 4.69) is 19.2 Å². The standard InChI is InChI=1S/C54H106NO19P/c1-3-5-7-9-11-13-15-17-18-19-20-21-22-23-25-27-29-31-33-35-40(58)43(60)53(68)55-38(42(59)39(57)34-32-30-28-26-24-16-14-12-10-8-6-4-2)37-71-75(69,70)74-52-49(66)47(64)46(63)48(65)51(52)73-54-50(67)45(62)44(61)41(36-56)72-54/h38-52,54,56-67H,3-37H2,1-2H3,(H,55,68)(H,69,70)/t38-,39?,40?,41+,42-,43?,44+,45-,46+,47+,48-,49+,50-,51+,52+,54-/m0/s1. The van der Waals surface area contributed by atoms with Crippen molar-refractivity contribution < 1.29 is 94.1 Å². The van der Waals surface area contributed by atoms with Crippen LogP contribution in [0.2, 0.25) is 0 Å². The molecule has 0 aromatic heterocycles. The molecule has 14 N–H and O–H groups in total. The van der Waals surface area contributed by atoms with Gasteiger partial charge in [0, 0.05) is 0 Å². The van der Waals surface area contributed by atoms with E-state index in [-0.39, 0.29) is 12.8 Å². The molecule has 1 heterocycles. The maximum atomic E-state index is 13.6. The second-order valence-electron chi connectivity index (χ2n) is 21.6. The van der Waals surface area contributed by atoms with E-state index in [0.717, 1.165) is 57.8 Å². The normalized spacial score (nSPS) is 28.1. The molecule has 75 heavy (non-hydrogen) atoms. The third-order valence-electron chi connectivity index (χ3n) is 15.1. The minimum Gasteiger partial charge on any atom is -0.394 e. The topological polar surface area (TPSA) is 346 Å². The minimum atomic E-state index is -5.55. The van der Waals surface area contributed by atoms with Gasteiger partial charge in [0.15, 0.2) is 12.4 Å². The highest BCUT2D eigenvalue weighted by molar-refractivity contribution is 7.47. The lowest BCUT2D eigenvalue weighted by Gasteiger charge is -2.47. The van der Waals surface area contributed by atoms with Gasteiger partial charge in [0.05, 0.1) is 31.5 Å². The van der Waals surface area contributed by atoms with Gasteiger partial charge in [0.2, 0.25) is 0 Å². The highest BCUT2D eigenvalue weighted by Crippen LogP contribution is 2.48.